The van der Waals surface area contributed by atoms with E-state index >= 15 is 0 Å². The van der Waals surface area contributed by atoms with E-state index < -0.39 is 23.7 Å². The Morgan fingerprint density at radius 1 is 1.10 bits per heavy atom. The highest BCUT2D eigenvalue weighted by Gasteiger charge is 2.48. The fourth-order valence-electron chi connectivity index (χ4n) is 4.30. The number of aliphatic hydroxyl groups excluding tert-OH is 1. The van der Waals surface area contributed by atoms with E-state index in [0.717, 1.165) is 5.56 Å². The lowest BCUT2D eigenvalue weighted by atomic mass is 9.84. The van der Waals surface area contributed by atoms with Gasteiger partial charge in [0.05, 0.1) is 5.56 Å². The van der Waals surface area contributed by atoms with Gasteiger partial charge in [0, 0.05) is 36.5 Å². The van der Waals surface area contributed by atoms with Crippen molar-refractivity contribution in [2.24, 2.45) is 4.99 Å². The molecule has 3 aliphatic rings. The van der Waals surface area contributed by atoms with E-state index in [4.69, 9.17) is 21.1 Å². The summed E-state index contributed by atoms with van der Waals surface area (Å²) in [6, 6.07) is 14.2. The summed E-state index contributed by atoms with van der Waals surface area (Å²) in [6.07, 6.45) is -1.11. The predicted octanol–water partition coefficient (Wildman–Crippen LogP) is 2.82. The normalized spacial score (nSPS) is 23.1. The molecule has 8 heteroatoms. The average Bonchev–Trinajstić information content (AvgIpc) is 3.27. The number of halogens is 1. The van der Waals surface area contributed by atoms with Crippen molar-refractivity contribution in [3.63, 3.8) is 0 Å². The Morgan fingerprint density at radius 3 is 2.53 bits per heavy atom. The molecular formula is C22H19ClN2O5. The molecule has 2 aromatic carbocycles. The van der Waals surface area contributed by atoms with E-state index in [-0.39, 0.29) is 12.0 Å². The minimum absolute atomic E-state index is 0.200. The van der Waals surface area contributed by atoms with Gasteiger partial charge in [-0.1, -0.05) is 41.9 Å². The van der Waals surface area contributed by atoms with E-state index in [0.29, 0.717) is 42.1 Å². The van der Waals surface area contributed by atoms with Crippen molar-refractivity contribution in [3.8, 4) is 0 Å². The number of hydrogen-bond donors (Lipinski definition) is 1. The standard InChI is InChI=1S/C22H19ClN2O5/c23-14-7-5-13(6-8-14)17(26)18-19(27)24-21(29-18)25-11-9-22(10-12-25)16-4-2-1-3-15(16)20(28)30-22/h1-8,17-18,26H,9-12H2. The number of rotatable bonds is 2. The largest absolute Gasteiger partial charge is 0.450 e. The minimum Gasteiger partial charge on any atom is -0.450 e. The number of carbonyl (C=O) groups is 2. The van der Waals surface area contributed by atoms with E-state index in [2.05, 4.69) is 4.99 Å². The fourth-order valence-corrected chi connectivity index (χ4v) is 4.43. The van der Waals surface area contributed by atoms with Gasteiger partial charge < -0.3 is 19.5 Å². The maximum Gasteiger partial charge on any atom is 0.339 e. The van der Waals surface area contributed by atoms with Crippen LogP contribution in [0.5, 0.6) is 0 Å². The van der Waals surface area contributed by atoms with Crippen molar-refractivity contribution in [1.29, 1.82) is 0 Å². The van der Waals surface area contributed by atoms with Gasteiger partial charge in [0.2, 0.25) is 6.10 Å². The number of hydrogen-bond acceptors (Lipinski definition) is 6. The maximum atomic E-state index is 12.4. The zero-order chi connectivity index (χ0) is 20.9. The second-order valence-corrected chi connectivity index (χ2v) is 8.12. The van der Waals surface area contributed by atoms with Crippen LogP contribution in [0.1, 0.15) is 40.4 Å². The lowest BCUT2D eigenvalue weighted by Gasteiger charge is -2.38. The first-order chi connectivity index (χ1) is 14.5. The molecule has 1 amide bonds. The third-order valence-corrected chi connectivity index (χ3v) is 6.20. The summed E-state index contributed by atoms with van der Waals surface area (Å²) in [7, 11) is 0. The molecule has 0 aliphatic carbocycles. The van der Waals surface area contributed by atoms with Gasteiger partial charge in [-0.3, -0.25) is 4.79 Å². The Bertz CT molecular complexity index is 1040. The van der Waals surface area contributed by atoms with E-state index in [1.165, 1.54) is 0 Å². The van der Waals surface area contributed by atoms with Crippen molar-refractivity contribution >= 4 is 29.5 Å². The molecule has 1 spiro atoms. The van der Waals surface area contributed by atoms with Gasteiger partial charge in [-0.2, -0.15) is 4.99 Å². The third-order valence-electron chi connectivity index (χ3n) is 5.95. The summed E-state index contributed by atoms with van der Waals surface area (Å²) in [6.45, 7) is 1.02. The first-order valence-corrected chi connectivity index (χ1v) is 10.2. The van der Waals surface area contributed by atoms with Gasteiger partial charge in [0.15, 0.2) is 0 Å². The lowest BCUT2D eigenvalue weighted by Crippen LogP contribution is -2.46. The molecule has 0 saturated carbocycles. The Hall–Kier alpha value is -2.90. The molecule has 7 nitrogen and oxygen atoms in total. The van der Waals surface area contributed by atoms with Crippen molar-refractivity contribution in [2.45, 2.75) is 30.7 Å². The Morgan fingerprint density at radius 2 is 1.80 bits per heavy atom. The number of piperidine rings is 1. The Kier molecular flexibility index (Phi) is 4.52. The molecule has 2 atom stereocenters. The number of amidine groups is 1. The highest BCUT2D eigenvalue weighted by atomic mass is 35.5. The second-order valence-electron chi connectivity index (χ2n) is 7.68. The highest BCUT2D eigenvalue weighted by molar-refractivity contribution is 6.30. The first-order valence-electron chi connectivity index (χ1n) is 9.77. The highest BCUT2D eigenvalue weighted by Crippen LogP contribution is 2.44. The molecular weight excluding hydrogens is 408 g/mol. The van der Waals surface area contributed by atoms with E-state index in [1.54, 1.807) is 30.3 Å². The van der Waals surface area contributed by atoms with Crippen LogP contribution in [0, 0.1) is 0 Å². The van der Waals surface area contributed by atoms with Crippen LogP contribution in [0.25, 0.3) is 0 Å². The van der Waals surface area contributed by atoms with Crippen molar-refractivity contribution < 1.29 is 24.2 Å². The number of carbonyl (C=O) groups excluding carboxylic acids is 2. The Balaban J connectivity index is 1.28. The molecule has 5 rings (SSSR count). The maximum absolute atomic E-state index is 12.4. The summed E-state index contributed by atoms with van der Waals surface area (Å²) in [5, 5.41) is 11.1. The second kappa shape index (κ2) is 7.11. The number of amides is 1. The van der Waals surface area contributed by atoms with Crippen LogP contribution >= 0.6 is 11.6 Å². The van der Waals surface area contributed by atoms with Crippen LogP contribution < -0.4 is 0 Å². The van der Waals surface area contributed by atoms with Gasteiger partial charge in [0.1, 0.15) is 11.7 Å². The van der Waals surface area contributed by atoms with E-state index in [1.807, 2.05) is 23.1 Å². The van der Waals surface area contributed by atoms with E-state index in [9.17, 15) is 14.7 Å². The number of aliphatic hydroxyl groups is 1. The molecule has 2 unspecified atom stereocenters. The van der Waals surface area contributed by atoms with Crippen LogP contribution in [-0.4, -0.2) is 47.1 Å². The number of ether oxygens (including phenoxy) is 2. The molecule has 0 radical (unpaired) electrons. The van der Waals surface area contributed by atoms with Crippen molar-refractivity contribution in [3.05, 3.63) is 70.2 Å². The molecule has 3 aliphatic heterocycles. The minimum atomic E-state index is -1.14. The van der Waals surface area contributed by atoms with Crippen LogP contribution in [-0.2, 0) is 19.9 Å². The summed E-state index contributed by atoms with van der Waals surface area (Å²) in [5.41, 5.74) is 1.41. The number of esters is 1. The average molecular weight is 427 g/mol. The molecule has 1 N–H and O–H groups in total. The number of fused-ring (bicyclic) bond motifs is 2. The zero-order valence-electron chi connectivity index (χ0n) is 16.0. The SMILES string of the molecule is O=C1OC2(CCN(C3=NC(=O)C(C(O)c4ccc(Cl)cc4)O3)CC2)c2ccccc21. The number of aliphatic imine (C=N–C) groups is 1. The molecule has 154 valence electrons. The molecule has 1 saturated heterocycles. The molecule has 2 aromatic rings. The molecule has 1 fully saturated rings. The van der Waals surface area contributed by atoms with Crippen LogP contribution in [0.3, 0.4) is 0 Å². The Labute approximate surface area is 177 Å². The quantitative estimate of drug-likeness (QED) is 0.743. The van der Waals surface area contributed by atoms with Crippen LogP contribution in [0.4, 0.5) is 0 Å². The predicted molar refractivity (Wildman–Crippen MR) is 108 cm³/mol. The summed E-state index contributed by atoms with van der Waals surface area (Å²) >= 11 is 5.88. The van der Waals surface area contributed by atoms with Crippen molar-refractivity contribution in [1.82, 2.24) is 4.90 Å². The van der Waals surface area contributed by atoms with Gasteiger partial charge in [0.25, 0.3) is 11.9 Å². The topological polar surface area (TPSA) is 88.4 Å². The summed E-state index contributed by atoms with van der Waals surface area (Å²) in [4.78, 5) is 30.5. The number of likely N-dealkylation sites (tertiary alicyclic amines) is 1. The van der Waals surface area contributed by atoms with Crippen LogP contribution in [0.2, 0.25) is 5.02 Å². The lowest BCUT2D eigenvalue weighted by molar-refractivity contribution is -0.127. The van der Waals surface area contributed by atoms with Crippen LogP contribution in [0.15, 0.2) is 53.5 Å². The smallest absolute Gasteiger partial charge is 0.339 e. The fraction of sp³-hybridized carbons (Fsp3) is 0.318. The van der Waals surface area contributed by atoms with Gasteiger partial charge >= 0.3 is 5.97 Å². The molecule has 3 heterocycles. The summed E-state index contributed by atoms with van der Waals surface area (Å²) < 4.78 is 11.5. The molecule has 0 aromatic heterocycles. The number of nitrogens with zero attached hydrogens (tertiary/aromatic N) is 2. The van der Waals surface area contributed by atoms with Gasteiger partial charge in [-0.15, -0.1) is 0 Å². The number of benzene rings is 2. The monoisotopic (exact) mass is 426 g/mol. The van der Waals surface area contributed by atoms with Crippen molar-refractivity contribution in [2.75, 3.05) is 13.1 Å². The van der Waals surface area contributed by atoms with Gasteiger partial charge in [-0.25, -0.2) is 4.79 Å². The molecule has 0 bridgehead atoms. The summed E-state index contributed by atoms with van der Waals surface area (Å²) in [5.74, 6) is -0.819. The first kappa shape index (κ1) is 19.1. The molecule has 30 heavy (non-hydrogen) atoms. The third kappa shape index (κ3) is 3.05. The zero-order valence-corrected chi connectivity index (χ0v) is 16.7. The van der Waals surface area contributed by atoms with Gasteiger partial charge in [-0.05, 0) is 23.8 Å².